The first-order valence-electron chi connectivity index (χ1n) is 7.24. The molecule has 0 unspecified atom stereocenters. The first-order chi connectivity index (χ1) is 11.5. The fraction of sp³-hybridized carbons (Fsp3) is 0.176. The number of carbonyl (C=O) groups excluding carboxylic acids is 2. The van der Waals surface area contributed by atoms with E-state index in [9.17, 15) is 18.4 Å². The Morgan fingerprint density at radius 2 is 1.83 bits per heavy atom. The van der Waals surface area contributed by atoms with Gasteiger partial charge in [-0.2, -0.15) is 0 Å². The standard InChI is InChI=1S/C17H14F2N2O2S/c18-12-3-1-11(2-4-12)14-7-13(19)5-6-15(14)20-16(22)8-21-10-24-9-17(21)23/h1-7H,8-10H2,(H,20,22). The van der Waals surface area contributed by atoms with Gasteiger partial charge in [-0.15, -0.1) is 11.8 Å². The number of nitrogens with one attached hydrogen (secondary N) is 1. The molecule has 0 bridgehead atoms. The largest absolute Gasteiger partial charge is 0.324 e. The van der Waals surface area contributed by atoms with Crippen molar-refractivity contribution in [1.29, 1.82) is 0 Å². The lowest BCUT2D eigenvalue weighted by Crippen LogP contribution is -2.34. The molecule has 1 aliphatic heterocycles. The van der Waals surface area contributed by atoms with Crippen molar-refractivity contribution >= 4 is 29.3 Å². The number of anilines is 1. The predicted molar refractivity (Wildman–Crippen MR) is 89.5 cm³/mol. The minimum absolute atomic E-state index is 0.0495. The number of nitrogens with zero attached hydrogens (tertiary/aromatic N) is 1. The third-order valence-corrected chi connectivity index (χ3v) is 4.52. The monoisotopic (exact) mass is 348 g/mol. The van der Waals surface area contributed by atoms with Gasteiger partial charge in [-0.25, -0.2) is 8.78 Å². The van der Waals surface area contributed by atoms with Crippen molar-refractivity contribution in [2.24, 2.45) is 0 Å². The molecule has 0 saturated carbocycles. The van der Waals surface area contributed by atoms with Crippen molar-refractivity contribution in [3.05, 3.63) is 54.1 Å². The highest BCUT2D eigenvalue weighted by atomic mass is 32.2. The lowest BCUT2D eigenvalue weighted by molar-refractivity contribution is -0.130. The van der Waals surface area contributed by atoms with Gasteiger partial charge in [0.1, 0.15) is 18.2 Å². The van der Waals surface area contributed by atoms with Gasteiger partial charge in [0.25, 0.3) is 0 Å². The maximum atomic E-state index is 13.6. The molecular formula is C17H14F2N2O2S. The van der Waals surface area contributed by atoms with E-state index in [-0.39, 0.29) is 18.4 Å². The molecule has 2 amide bonds. The van der Waals surface area contributed by atoms with Crippen molar-refractivity contribution in [3.63, 3.8) is 0 Å². The van der Waals surface area contributed by atoms with Crippen LogP contribution in [0.5, 0.6) is 0 Å². The number of benzene rings is 2. The summed E-state index contributed by atoms with van der Waals surface area (Å²) in [5, 5.41) is 2.70. The second kappa shape index (κ2) is 7.00. The minimum Gasteiger partial charge on any atom is -0.324 e. The molecule has 1 heterocycles. The summed E-state index contributed by atoms with van der Waals surface area (Å²) in [5.41, 5.74) is 1.44. The van der Waals surface area contributed by atoms with Gasteiger partial charge >= 0.3 is 0 Å². The Labute approximate surface area is 141 Å². The zero-order valence-corrected chi connectivity index (χ0v) is 13.4. The number of carbonyl (C=O) groups is 2. The Morgan fingerprint density at radius 3 is 2.50 bits per heavy atom. The molecule has 0 spiro atoms. The molecule has 7 heteroatoms. The topological polar surface area (TPSA) is 49.4 Å². The number of hydrogen-bond donors (Lipinski definition) is 1. The summed E-state index contributed by atoms with van der Waals surface area (Å²) in [4.78, 5) is 25.2. The summed E-state index contributed by atoms with van der Waals surface area (Å²) in [5.74, 6) is -0.427. The maximum Gasteiger partial charge on any atom is 0.244 e. The third-order valence-electron chi connectivity index (χ3n) is 3.57. The number of halogens is 2. The van der Waals surface area contributed by atoms with E-state index < -0.39 is 11.6 Å². The first-order valence-corrected chi connectivity index (χ1v) is 8.39. The van der Waals surface area contributed by atoms with Crippen LogP contribution < -0.4 is 5.32 Å². The van der Waals surface area contributed by atoms with Crippen LogP contribution in [0.3, 0.4) is 0 Å². The van der Waals surface area contributed by atoms with E-state index in [1.165, 1.54) is 59.1 Å². The summed E-state index contributed by atoms with van der Waals surface area (Å²) in [6.07, 6.45) is 0. The summed E-state index contributed by atoms with van der Waals surface area (Å²) in [7, 11) is 0. The second-order valence-electron chi connectivity index (χ2n) is 5.31. The average molecular weight is 348 g/mol. The summed E-state index contributed by atoms with van der Waals surface area (Å²) in [6, 6.07) is 9.53. The van der Waals surface area contributed by atoms with Gasteiger partial charge in [-0.05, 0) is 35.9 Å². The van der Waals surface area contributed by atoms with Crippen LogP contribution in [-0.2, 0) is 9.59 Å². The van der Waals surface area contributed by atoms with E-state index >= 15 is 0 Å². The average Bonchev–Trinajstić information content (AvgIpc) is 2.95. The van der Waals surface area contributed by atoms with Gasteiger partial charge in [-0.3, -0.25) is 9.59 Å². The molecule has 4 nitrogen and oxygen atoms in total. The fourth-order valence-electron chi connectivity index (χ4n) is 2.40. The van der Waals surface area contributed by atoms with Crippen LogP contribution in [0.25, 0.3) is 11.1 Å². The third kappa shape index (κ3) is 3.73. The molecular weight excluding hydrogens is 334 g/mol. The Bertz CT molecular complexity index is 781. The van der Waals surface area contributed by atoms with Crippen LogP contribution in [0, 0.1) is 11.6 Å². The van der Waals surface area contributed by atoms with Crippen molar-refractivity contribution in [3.8, 4) is 11.1 Å². The van der Waals surface area contributed by atoms with Crippen LogP contribution in [0.1, 0.15) is 0 Å². The van der Waals surface area contributed by atoms with Gasteiger partial charge in [-0.1, -0.05) is 12.1 Å². The van der Waals surface area contributed by atoms with Gasteiger partial charge in [0.05, 0.1) is 11.6 Å². The highest BCUT2D eigenvalue weighted by molar-refractivity contribution is 8.00. The Hall–Kier alpha value is -2.41. The molecule has 1 fully saturated rings. The number of rotatable bonds is 4. The van der Waals surface area contributed by atoms with Crippen LogP contribution in [0.4, 0.5) is 14.5 Å². The van der Waals surface area contributed by atoms with E-state index in [0.717, 1.165) is 0 Å². The van der Waals surface area contributed by atoms with Crippen LogP contribution in [0.15, 0.2) is 42.5 Å². The van der Waals surface area contributed by atoms with Gasteiger partial charge in [0.2, 0.25) is 11.8 Å². The number of amides is 2. The summed E-state index contributed by atoms with van der Waals surface area (Å²) >= 11 is 1.45. The molecule has 124 valence electrons. The molecule has 3 rings (SSSR count). The summed E-state index contributed by atoms with van der Waals surface area (Å²) < 4.78 is 26.7. The Morgan fingerprint density at radius 1 is 1.12 bits per heavy atom. The fourth-order valence-corrected chi connectivity index (χ4v) is 3.30. The summed E-state index contributed by atoms with van der Waals surface area (Å²) in [6.45, 7) is -0.0495. The van der Waals surface area contributed by atoms with Crippen LogP contribution in [-0.4, -0.2) is 34.9 Å². The molecule has 0 radical (unpaired) electrons. The van der Waals surface area contributed by atoms with Crippen molar-refractivity contribution in [1.82, 2.24) is 4.90 Å². The van der Waals surface area contributed by atoms with Crippen LogP contribution in [0.2, 0.25) is 0 Å². The molecule has 2 aromatic carbocycles. The van der Waals surface area contributed by atoms with Crippen molar-refractivity contribution < 1.29 is 18.4 Å². The quantitative estimate of drug-likeness (QED) is 0.924. The highest BCUT2D eigenvalue weighted by Crippen LogP contribution is 2.29. The van der Waals surface area contributed by atoms with E-state index in [0.29, 0.717) is 28.4 Å². The van der Waals surface area contributed by atoms with Gasteiger partial charge in [0, 0.05) is 11.3 Å². The van der Waals surface area contributed by atoms with E-state index in [1.807, 2.05) is 0 Å². The molecule has 2 aromatic rings. The van der Waals surface area contributed by atoms with Crippen molar-refractivity contribution in [2.45, 2.75) is 0 Å². The molecule has 24 heavy (non-hydrogen) atoms. The first kappa shape index (κ1) is 16.4. The molecule has 1 saturated heterocycles. The lowest BCUT2D eigenvalue weighted by Gasteiger charge is -2.16. The number of hydrogen-bond acceptors (Lipinski definition) is 3. The van der Waals surface area contributed by atoms with Gasteiger partial charge in [0.15, 0.2) is 0 Å². The Kier molecular flexibility index (Phi) is 4.80. The normalized spacial score (nSPS) is 14.1. The molecule has 0 aliphatic carbocycles. The predicted octanol–water partition coefficient (Wildman–Crippen LogP) is 3.10. The molecule has 1 aliphatic rings. The van der Waals surface area contributed by atoms with Gasteiger partial charge < -0.3 is 10.2 Å². The van der Waals surface area contributed by atoms with E-state index in [4.69, 9.17) is 0 Å². The minimum atomic E-state index is -0.460. The zero-order chi connectivity index (χ0) is 17.1. The molecule has 0 aromatic heterocycles. The molecule has 0 atom stereocenters. The SMILES string of the molecule is O=C(CN1CSCC1=O)Nc1ccc(F)cc1-c1ccc(F)cc1. The Balaban J connectivity index is 1.81. The maximum absolute atomic E-state index is 13.6. The van der Waals surface area contributed by atoms with E-state index in [1.54, 1.807) is 0 Å². The second-order valence-corrected chi connectivity index (χ2v) is 6.27. The smallest absolute Gasteiger partial charge is 0.244 e. The highest BCUT2D eigenvalue weighted by Gasteiger charge is 2.23. The zero-order valence-electron chi connectivity index (χ0n) is 12.6. The molecule has 1 N–H and O–H groups in total. The van der Waals surface area contributed by atoms with E-state index in [2.05, 4.69) is 5.32 Å². The lowest BCUT2D eigenvalue weighted by atomic mass is 10.0. The van der Waals surface area contributed by atoms with Crippen molar-refractivity contribution in [2.75, 3.05) is 23.5 Å². The van der Waals surface area contributed by atoms with Crippen LogP contribution >= 0.6 is 11.8 Å². The number of thioether (sulfide) groups is 1.